The number of aryl methyl sites for hydroxylation is 1. The SMILES string of the molecule is CCOC(=O)C1(C)CC(OCCN2CCN(c3nc(N)nc4c3CCc3cc(OCc5ccc(Cl)cc5)ccc3-4)CC2)C1. The molecule has 228 valence electrons. The van der Waals surface area contributed by atoms with Gasteiger partial charge in [-0.05, 0) is 81.0 Å². The van der Waals surface area contributed by atoms with Gasteiger partial charge in [0.1, 0.15) is 18.2 Å². The van der Waals surface area contributed by atoms with E-state index in [2.05, 4.69) is 26.9 Å². The van der Waals surface area contributed by atoms with Gasteiger partial charge in [-0.3, -0.25) is 9.69 Å². The first-order valence-electron chi connectivity index (χ1n) is 15.2. The second kappa shape index (κ2) is 12.7. The van der Waals surface area contributed by atoms with E-state index in [1.807, 2.05) is 44.2 Å². The number of ether oxygens (including phenoxy) is 3. The zero-order valence-corrected chi connectivity index (χ0v) is 25.7. The summed E-state index contributed by atoms with van der Waals surface area (Å²) in [7, 11) is 0. The number of nitrogens with zero attached hydrogens (tertiary/aromatic N) is 4. The van der Waals surface area contributed by atoms with E-state index in [9.17, 15) is 4.79 Å². The largest absolute Gasteiger partial charge is 0.489 e. The number of carbonyl (C=O) groups is 1. The van der Waals surface area contributed by atoms with Gasteiger partial charge in [0.05, 0.1) is 30.4 Å². The minimum atomic E-state index is -0.389. The fourth-order valence-corrected chi connectivity index (χ4v) is 6.50. The monoisotopic (exact) mass is 605 g/mol. The Labute approximate surface area is 258 Å². The summed E-state index contributed by atoms with van der Waals surface area (Å²) in [5.41, 5.74) is 11.3. The highest BCUT2D eigenvalue weighted by molar-refractivity contribution is 6.30. The summed E-state index contributed by atoms with van der Waals surface area (Å²) in [6.07, 6.45) is 3.37. The first-order valence-corrected chi connectivity index (χ1v) is 15.6. The van der Waals surface area contributed by atoms with Crippen LogP contribution in [0.4, 0.5) is 11.8 Å². The van der Waals surface area contributed by atoms with Crippen molar-refractivity contribution < 1.29 is 19.0 Å². The molecule has 0 radical (unpaired) electrons. The first-order chi connectivity index (χ1) is 20.8. The van der Waals surface area contributed by atoms with Crippen LogP contribution in [0.3, 0.4) is 0 Å². The van der Waals surface area contributed by atoms with Gasteiger partial charge in [0.25, 0.3) is 0 Å². The number of rotatable bonds is 10. The second-order valence-corrected chi connectivity index (χ2v) is 12.4. The Morgan fingerprint density at radius 2 is 1.84 bits per heavy atom. The number of carbonyl (C=O) groups excluding carboxylic acids is 1. The van der Waals surface area contributed by atoms with E-state index >= 15 is 0 Å². The van der Waals surface area contributed by atoms with E-state index in [1.165, 1.54) is 11.1 Å². The summed E-state index contributed by atoms with van der Waals surface area (Å²) in [5, 5.41) is 0.717. The van der Waals surface area contributed by atoms with Gasteiger partial charge in [0, 0.05) is 48.9 Å². The first kappa shape index (κ1) is 29.7. The van der Waals surface area contributed by atoms with Crippen LogP contribution in [-0.4, -0.2) is 72.9 Å². The maximum atomic E-state index is 12.1. The molecule has 1 saturated carbocycles. The molecule has 1 aliphatic heterocycles. The average Bonchev–Trinajstić information content (AvgIpc) is 2.99. The summed E-state index contributed by atoms with van der Waals surface area (Å²) in [5.74, 6) is 1.99. The van der Waals surface area contributed by atoms with E-state index in [4.69, 9.17) is 36.5 Å². The predicted octanol–water partition coefficient (Wildman–Crippen LogP) is 4.93. The van der Waals surface area contributed by atoms with Crippen molar-refractivity contribution in [3.8, 4) is 17.0 Å². The van der Waals surface area contributed by atoms with Gasteiger partial charge in [-0.2, -0.15) is 4.98 Å². The van der Waals surface area contributed by atoms with E-state index in [0.717, 1.165) is 91.8 Å². The molecule has 9 nitrogen and oxygen atoms in total. The molecule has 6 rings (SSSR count). The Balaban J connectivity index is 1.03. The fraction of sp³-hybridized carbons (Fsp3) is 0.485. The molecule has 0 bridgehead atoms. The Kier molecular flexibility index (Phi) is 8.75. The van der Waals surface area contributed by atoms with Gasteiger partial charge < -0.3 is 24.8 Å². The second-order valence-electron chi connectivity index (χ2n) is 12.0. The lowest BCUT2D eigenvalue weighted by Gasteiger charge is -2.43. The Bertz CT molecular complexity index is 1450. The number of esters is 1. The standard InChI is InChI=1S/C33H40ClN5O4/c1-3-41-31(40)33(2)19-26(20-33)42-17-16-38-12-14-39(15-13-38)30-28-10-6-23-18-25(43-21-22-4-7-24(34)8-5-22)9-11-27(23)29(28)36-32(35)37-30/h4-5,7-9,11,18,26H,3,6,10,12-17,19-21H2,1-2H3,(H2,35,36,37). The molecule has 43 heavy (non-hydrogen) atoms. The average molecular weight is 606 g/mol. The molecular weight excluding hydrogens is 566 g/mol. The van der Waals surface area contributed by atoms with Gasteiger partial charge in [-0.15, -0.1) is 0 Å². The number of nitrogen functional groups attached to an aromatic ring is 1. The summed E-state index contributed by atoms with van der Waals surface area (Å²) < 4.78 is 17.4. The number of hydrogen-bond acceptors (Lipinski definition) is 9. The molecule has 10 heteroatoms. The van der Waals surface area contributed by atoms with Crippen molar-refractivity contribution in [2.75, 3.05) is 56.6 Å². The third kappa shape index (κ3) is 6.59. The number of piperazine rings is 1. The fourth-order valence-electron chi connectivity index (χ4n) is 6.37. The molecule has 0 unspecified atom stereocenters. The summed E-state index contributed by atoms with van der Waals surface area (Å²) in [6, 6.07) is 13.9. The topological polar surface area (TPSA) is 103 Å². The number of aromatic nitrogens is 2. The van der Waals surface area contributed by atoms with Crippen LogP contribution >= 0.6 is 11.6 Å². The van der Waals surface area contributed by atoms with Crippen molar-refractivity contribution in [3.05, 3.63) is 64.2 Å². The number of fused-ring (bicyclic) bond motifs is 3. The van der Waals surface area contributed by atoms with Crippen molar-refractivity contribution in [2.24, 2.45) is 5.41 Å². The highest BCUT2D eigenvalue weighted by atomic mass is 35.5. The highest BCUT2D eigenvalue weighted by Crippen LogP contribution is 2.43. The number of nitrogens with two attached hydrogens (primary N) is 1. The maximum absolute atomic E-state index is 12.1. The van der Waals surface area contributed by atoms with Crippen LogP contribution in [-0.2, 0) is 33.7 Å². The van der Waals surface area contributed by atoms with Crippen molar-refractivity contribution in [3.63, 3.8) is 0 Å². The van der Waals surface area contributed by atoms with Crippen molar-refractivity contribution >= 4 is 29.3 Å². The van der Waals surface area contributed by atoms with Crippen LogP contribution in [0.15, 0.2) is 42.5 Å². The number of benzene rings is 2. The van der Waals surface area contributed by atoms with Gasteiger partial charge in [0.2, 0.25) is 5.95 Å². The zero-order chi connectivity index (χ0) is 30.0. The van der Waals surface area contributed by atoms with Crippen molar-refractivity contribution in [2.45, 2.75) is 52.2 Å². The molecule has 2 N–H and O–H groups in total. The molecule has 0 atom stereocenters. The van der Waals surface area contributed by atoms with Crippen LogP contribution < -0.4 is 15.4 Å². The molecule has 0 amide bonds. The molecule has 2 aromatic carbocycles. The molecule has 1 saturated heterocycles. The maximum Gasteiger partial charge on any atom is 0.311 e. The number of hydrogen-bond donors (Lipinski definition) is 1. The summed E-state index contributed by atoms with van der Waals surface area (Å²) in [6.45, 7) is 9.87. The third-order valence-corrected chi connectivity index (χ3v) is 9.11. The van der Waals surface area contributed by atoms with E-state index in [1.54, 1.807) is 0 Å². The van der Waals surface area contributed by atoms with E-state index in [0.29, 0.717) is 25.8 Å². The van der Waals surface area contributed by atoms with Crippen molar-refractivity contribution in [1.29, 1.82) is 0 Å². The molecule has 2 heterocycles. The third-order valence-electron chi connectivity index (χ3n) is 8.86. The lowest BCUT2D eigenvalue weighted by Crippen LogP contribution is -2.49. The van der Waals surface area contributed by atoms with Gasteiger partial charge in [0.15, 0.2) is 0 Å². The molecule has 3 aliphatic rings. The lowest BCUT2D eigenvalue weighted by molar-refractivity contribution is -0.171. The lowest BCUT2D eigenvalue weighted by atomic mass is 9.68. The van der Waals surface area contributed by atoms with Gasteiger partial charge in [-0.1, -0.05) is 23.7 Å². The summed E-state index contributed by atoms with van der Waals surface area (Å²) >= 11 is 6.00. The van der Waals surface area contributed by atoms with Crippen LogP contribution in [0, 0.1) is 5.41 Å². The normalized spacial score (nSPS) is 21.5. The van der Waals surface area contributed by atoms with Crippen LogP contribution in [0.5, 0.6) is 5.75 Å². The zero-order valence-electron chi connectivity index (χ0n) is 25.0. The minimum absolute atomic E-state index is 0.106. The molecule has 3 aromatic rings. The summed E-state index contributed by atoms with van der Waals surface area (Å²) in [4.78, 5) is 26.3. The Hall–Kier alpha value is -3.40. The quantitative estimate of drug-likeness (QED) is 0.322. The molecule has 1 aromatic heterocycles. The van der Waals surface area contributed by atoms with Crippen LogP contribution in [0.25, 0.3) is 11.3 Å². The van der Waals surface area contributed by atoms with Crippen LogP contribution in [0.2, 0.25) is 5.02 Å². The minimum Gasteiger partial charge on any atom is -0.489 e. The van der Waals surface area contributed by atoms with Crippen LogP contribution in [0.1, 0.15) is 43.4 Å². The molecule has 2 fully saturated rings. The van der Waals surface area contributed by atoms with Gasteiger partial charge in [-0.25, -0.2) is 4.98 Å². The van der Waals surface area contributed by atoms with E-state index < -0.39 is 0 Å². The molecule has 0 spiro atoms. The predicted molar refractivity (Wildman–Crippen MR) is 167 cm³/mol. The molecular formula is C33H40ClN5O4. The highest BCUT2D eigenvalue weighted by Gasteiger charge is 2.48. The Morgan fingerprint density at radius 3 is 2.58 bits per heavy atom. The molecule has 2 aliphatic carbocycles. The van der Waals surface area contributed by atoms with Crippen molar-refractivity contribution in [1.82, 2.24) is 14.9 Å². The smallest absolute Gasteiger partial charge is 0.311 e. The number of halogens is 1. The Morgan fingerprint density at radius 1 is 1.07 bits per heavy atom. The number of anilines is 2. The van der Waals surface area contributed by atoms with Gasteiger partial charge >= 0.3 is 5.97 Å². The van der Waals surface area contributed by atoms with E-state index in [-0.39, 0.29) is 17.5 Å².